The van der Waals surface area contributed by atoms with Crippen LogP contribution in [-0.4, -0.2) is 111 Å². The molecule has 0 saturated carbocycles. The van der Waals surface area contributed by atoms with Gasteiger partial charge in [-0.05, 0) is 24.3 Å². The molecule has 2 fully saturated rings. The number of piperazine rings is 2. The molecule has 0 unspecified atom stereocenters. The van der Waals surface area contributed by atoms with E-state index in [-0.39, 0.29) is 9.79 Å². The molecule has 0 aliphatic carbocycles. The van der Waals surface area contributed by atoms with Crippen molar-refractivity contribution < 1.29 is 16.8 Å². The van der Waals surface area contributed by atoms with Crippen LogP contribution >= 0.6 is 0 Å². The van der Waals surface area contributed by atoms with Gasteiger partial charge in [0.25, 0.3) is 0 Å². The Morgan fingerprint density at radius 3 is 1.30 bits per heavy atom. The fourth-order valence-corrected chi connectivity index (χ4v) is 8.69. The van der Waals surface area contributed by atoms with Gasteiger partial charge >= 0.3 is 0 Å². The summed E-state index contributed by atoms with van der Waals surface area (Å²) in [6.07, 6.45) is 3.24. The summed E-state index contributed by atoms with van der Waals surface area (Å²) in [5, 5.41) is 1.62. The normalized spacial score (nSPS) is 18.9. The van der Waals surface area contributed by atoms with E-state index in [1.54, 1.807) is 57.4 Å². The van der Waals surface area contributed by atoms with Gasteiger partial charge in [0.15, 0.2) is 0 Å². The monoisotopic (exact) mass is 580 g/mol. The van der Waals surface area contributed by atoms with E-state index in [9.17, 15) is 16.8 Å². The molecule has 4 aromatic rings. The SMILES string of the molecule is O=S(=O)(c1cccc2cccnc12)N1CCN(CCN2CCN(S(=O)(=O)c3cccc4cccnc34)CC2)CC1. The molecule has 2 aliphatic heterocycles. The van der Waals surface area contributed by atoms with Gasteiger partial charge in [-0.1, -0.05) is 36.4 Å². The number of aromatic nitrogens is 2. The number of fused-ring (bicyclic) bond motifs is 2. The molecule has 2 saturated heterocycles. The number of sulfonamides is 2. The van der Waals surface area contributed by atoms with Crippen molar-refractivity contribution in [3.05, 3.63) is 73.1 Å². The topological polar surface area (TPSA) is 107 Å². The highest BCUT2D eigenvalue weighted by Gasteiger charge is 2.32. The third kappa shape index (κ3) is 5.22. The Morgan fingerprint density at radius 2 is 0.900 bits per heavy atom. The van der Waals surface area contributed by atoms with Crippen LogP contribution in [-0.2, 0) is 20.0 Å². The van der Waals surface area contributed by atoms with Crippen molar-refractivity contribution in [2.45, 2.75) is 9.79 Å². The third-order valence-corrected chi connectivity index (χ3v) is 11.7. The number of rotatable bonds is 7. The van der Waals surface area contributed by atoms with E-state index in [1.165, 1.54) is 0 Å². The minimum atomic E-state index is -3.64. The predicted octanol–water partition coefficient (Wildman–Crippen LogP) is 2.10. The summed E-state index contributed by atoms with van der Waals surface area (Å²) in [6, 6.07) is 17.9. The zero-order valence-corrected chi connectivity index (χ0v) is 23.8. The molecule has 0 radical (unpaired) electrons. The fourth-order valence-electron chi connectivity index (χ4n) is 5.52. The van der Waals surface area contributed by atoms with Crippen LogP contribution in [0.5, 0.6) is 0 Å². The molecule has 10 nitrogen and oxygen atoms in total. The van der Waals surface area contributed by atoms with Gasteiger partial charge in [-0.2, -0.15) is 8.61 Å². The molecule has 0 spiro atoms. The Kier molecular flexibility index (Phi) is 7.55. The van der Waals surface area contributed by atoms with Crippen LogP contribution in [0.3, 0.4) is 0 Å². The van der Waals surface area contributed by atoms with Crippen LogP contribution in [0.4, 0.5) is 0 Å². The highest BCUT2D eigenvalue weighted by molar-refractivity contribution is 7.89. The molecular formula is C28H32N6O4S2. The van der Waals surface area contributed by atoms with Crippen molar-refractivity contribution in [2.24, 2.45) is 0 Å². The maximum Gasteiger partial charge on any atom is 0.245 e. The second-order valence-corrected chi connectivity index (χ2v) is 14.0. The van der Waals surface area contributed by atoms with Crippen LogP contribution < -0.4 is 0 Å². The molecule has 0 N–H and O–H groups in total. The second-order valence-electron chi connectivity index (χ2n) is 10.2. The van der Waals surface area contributed by atoms with Crippen LogP contribution in [0.2, 0.25) is 0 Å². The first-order valence-corrected chi connectivity index (χ1v) is 16.3. The van der Waals surface area contributed by atoms with Crippen molar-refractivity contribution in [3.63, 3.8) is 0 Å². The first-order chi connectivity index (χ1) is 19.3. The van der Waals surface area contributed by atoms with Gasteiger partial charge < -0.3 is 0 Å². The lowest BCUT2D eigenvalue weighted by Gasteiger charge is -2.37. The van der Waals surface area contributed by atoms with Crippen LogP contribution in [0, 0.1) is 0 Å². The van der Waals surface area contributed by atoms with Crippen LogP contribution in [0.1, 0.15) is 0 Å². The van der Waals surface area contributed by atoms with Crippen LogP contribution in [0.15, 0.2) is 82.8 Å². The lowest BCUT2D eigenvalue weighted by molar-refractivity contribution is 0.137. The first-order valence-electron chi connectivity index (χ1n) is 13.5. The van der Waals surface area contributed by atoms with Crippen molar-refractivity contribution >= 4 is 41.9 Å². The van der Waals surface area contributed by atoms with E-state index in [4.69, 9.17) is 0 Å². The molecule has 4 heterocycles. The Bertz CT molecular complexity index is 1590. The van der Waals surface area contributed by atoms with E-state index in [2.05, 4.69) is 19.8 Å². The molecule has 6 rings (SSSR count). The quantitative estimate of drug-likeness (QED) is 0.327. The van der Waals surface area contributed by atoms with Crippen molar-refractivity contribution in [2.75, 3.05) is 65.4 Å². The van der Waals surface area contributed by atoms with Crippen molar-refractivity contribution in [1.82, 2.24) is 28.4 Å². The van der Waals surface area contributed by atoms with E-state index in [0.717, 1.165) is 23.9 Å². The smallest absolute Gasteiger partial charge is 0.245 e. The van der Waals surface area contributed by atoms with Crippen molar-refractivity contribution in [3.8, 4) is 0 Å². The predicted molar refractivity (Wildman–Crippen MR) is 154 cm³/mol. The minimum absolute atomic E-state index is 0.256. The number of hydrogen-bond donors (Lipinski definition) is 0. The molecule has 12 heteroatoms. The maximum atomic E-state index is 13.4. The molecule has 2 aromatic heterocycles. The number of benzene rings is 2. The number of para-hydroxylation sites is 2. The van der Waals surface area contributed by atoms with Gasteiger partial charge in [0.2, 0.25) is 20.0 Å². The summed E-state index contributed by atoms with van der Waals surface area (Å²) >= 11 is 0. The van der Waals surface area contributed by atoms with Gasteiger partial charge in [0.1, 0.15) is 9.79 Å². The molecular weight excluding hydrogens is 548 g/mol. The standard InChI is InChI=1S/C28H32N6O4S2/c35-39(36,25-9-1-5-23-7-3-11-29-27(23)25)33-19-15-31(16-20-33)13-14-32-17-21-34(22-18-32)40(37,38)26-10-2-6-24-8-4-12-30-28(24)26/h1-12H,13-22H2. The van der Waals surface area contributed by atoms with Gasteiger partial charge in [-0.3, -0.25) is 19.8 Å². The zero-order chi connectivity index (χ0) is 27.7. The summed E-state index contributed by atoms with van der Waals surface area (Å²) in [5.74, 6) is 0. The summed E-state index contributed by atoms with van der Waals surface area (Å²) in [5.41, 5.74) is 1.01. The summed E-state index contributed by atoms with van der Waals surface area (Å²) in [4.78, 5) is 13.7. The van der Waals surface area contributed by atoms with Gasteiger partial charge in [0.05, 0.1) is 11.0 Å². The molecule has 0 atom stereocenters. The number of hydrogen-bond acceptors (Lipinski definition) is 8. The largest absolute Gasteiger partial charge is 0.299 e. The Morgan fingerprint density at radius 1 is 0.525 bits per heavy atom. The lowest BCUT2D eigenvalue weighted by atomic mass is 10.2. The number of pyridine rings is 2. The Hall–Kier alpha value is -3.00. The second kappa shape index (κ2) is 11.1. The average Bonchev–Trinajstić information content (AvgIpc) is 3.00. The number of nitrogens with zero attached hydrogens (tertiary/aromatic N) is 6. The minimum Gasteiger partial charge on any atom is -0.299 e. The fraction of sp³-hybridized carbons (Fsp3) is 0.357. The van der Waals surface area contributed by atoms with Gasteiger partial charge in [-0.25, -0.2) is 16.8 Å². The van der Waals surface area contributed by atoms with E-state index >= 15 is 0 Å². The van der Waals surface area contributed by atoms with E-state index in [0.29, 0.717) is 63.4 Å². The summed E-state index contributed by atoms with van der Waals surface area (Å²) in [6.45, 7) is 5.94. The maximum absolute atomic E-state index is 13.4. The van der Waals surface area contributed by atoms with E-state index in [1.807, 2.05) is 24.3 Å². The van der Waals surface area contributed by atoms with E-state index < -0.39 is 20.0 Å². The van der Waals surface area contributed by atoms with Gasteiger partial charge in [-0.15, -0.1) is 0 Å². The highest BCUT2D eigenvalue weighted by Crippen LogP contribution is 2.26. The Balaban J connectivity index is 1.02. The molecule has 0 amide bonds. The molecule has 2 aromatic carbocycles. The van der Waals surface area contributed by atoms with Gasteiger partial charge in [0, 0.05) is 88.6 Å². The lowest BCUT2D eigenvalue weighted by Crippen LogP contribution is -2.52. The molecule has 2 aliphatic rings. The summed E-state index contributed by atoms with van der Waals surface area (Å²) in [7, 11) is -7.27. The first kappa shape index (κ1) is 27.2. The average molecular weight is 581 g/mol. The third-order valence-electron chi connectivity index (χ3n) is 7.82. The van der Waals surface area contributed by atoms with Crippen LogP contribution in [0.25, 0.3) is 21.8 Å². The molecule has 40 heavy (non-hydrogen) atoms. The van der Waals surface area contributed by atoms with Crippen molar-refractivity contribution in [1.29, 1.82) is 0 Å². The summed E-state index contributed by atoms with van der Waals surface area (Å²) < 4.78 is 56.7. The molecule has 0 bridgehead atoms. The highest BCUT2D eigenvalue weighted by atomic mass is 32.2. The zero-order valence-electron chi connectivity index (χ0n) is 22.1. The molecule has 210 valence electrons. The Labute approximate surface area is 234 Å².